The van der Waals surface area contributed by atoms with E-state index in [1.165, 1.54) is 29.3 Å². The molecule has 2 atom stereocenters. The molecule has 4 aromatic rings. The summed E-state index contributed by atoms with van der Waals surface area (Å²) in [5.74, 6) is -0.320. The zero-order valence-corrected chi connectivity index (χ0v) is 18.5. The molecule has 8 nitrogen and oxygen atoms in total. The van der Waals surface area contributed by atoms with Crippen LogP contribution in [0.25, 0.3) is 16.8 Å². The second-order valence-corrected chi connectivity index (χ2v) is 8.49. The van der Waals surface area contributed by atoms with E-state index in [0.29, 0.717) is 41.5 Å². The predicted molar refractivity (Wildman–Crippen MR) is 122 cm³/mol. The number of oxazole rings is 1. The maximum atomic E-state index is 14.2. The van der Waals surface area contributed by atoms with Crippen LogP contribution in [0.5, 0.6) is 0 Å². The van der Waals surface area contributed by atoms with E-state index in [1.807, 2.05) is 29.2 Å². The molecule has 2 aromatic heterocycles. The molecule has 1 amide bonds. The summed E-state index contributed by atoms with van der Waals surface area (Å²) in [6.07, 6.45) is 4.93. The highest BCUT2D eigenvalue weighted by Crippen LogP contribution is 2.29. The van der Waals surface area contributed by atoms with Crippen molar-refractivity contribution in [3.8, 4) is 5.69 Å². The molecule has 3 heterocycles. The van der Waals surface area contributed by atoms with Gasteiger partial charge in [0.2, 0.25) is 0 Å². The molecule has 0 radical (unpaired) electrons. The van der Waals surface area contributed by atoms with Crippen LogP contribution in [0.2, 0.25) is 0 Å². The Morgan fingerprint density at radius 1 is 1.24 bits per heavy atom. The van der Waals surface area contributed by atoms with Crippen molar-refractivity contribution in [3.63, 3.8) is 0 Å². The number of nitrogens with one attached hydrogen (secondary N) is 1. The predicted octanol–water partition coefficient (Wildman–Crippen LogP) is 4.21. The third kappa shape index (κ3) is 4.06. The van der Waals surface area contributed by atoms with Gasteiger partial charge in [0.05, 0.1) is 24.0 Å². The number of aryl methyl sites for hydroxylation is 1. The zero-order chi connectivity index (χ0) is 22.9. The number of carbonyl (C=O) groups is 1. The van der Waals surface area contributed by atoms with Gasteiger partial charge < -0.3 is 14.6 Å². The maximum absolute atomic E-state index is 14.2. The fourth-order valence-electron chi connectivity index (χ4n) is 4.60. The van der Waals surface area contributed by atoms with Gasteiger partial charge >= 0.3 is 0 Å². The van der Waals surface area contributed by atoms with E-state index in [0.717, 1.165) is 18.4 Å². The van der Waals surface area contributed by atoms with Crippen molar-refractivity contribution in [2.24, 2.45) is 5.92 Å². The Labute approximate surface area is 190 Å². The first kappa shape index (κ1) is 21.1. The number of benzene rings is 2. The topological polar surface area (TPSA) is 89.1 Å². The lowest BCUT2D eigenvalue weighted by atomic mass is 9.89. The van der Waals surface area contributed by atoms with Gasteiger partial charge in [-0.15, -0.1) is 0 Å². The zero-order valence-electron chi connectivity index (χ0n) is 18.5. The van der Waals surface area contributed by atoms with Crippen LogP contribution in [0.3, 0.4) is 0 Å². The molecule has 0 bridgehead atoms. The highest BCUT2D eigenvalue weighted by atomic mass is 19.1. The number of carbonyl (C=O) groups excluding carboxylic acids is 1. The molecule has 1 aliphatic heterocycles. The van der Waals surface area contributed by atoms with E-state index in [-0.39, 0.29) is 17.9 Å². The van der Waals surface area contributed by atoms with Gasteiger partial charge in [-0.2, -0.15) is 20.0 Å². The Kier molecular flexibility index (Phi) is 5.53. The van der Waals surface area contributed by atoms with Crippen molar-refractivity contribution in [1.29, 1.82) is 0 Å². The minimum atomic E-state index is -0.433. The number of rotatable bonds is 5. The van der Waals surface area contributed by atoms with Crippen LogP contribution in [0.1, 0.15) is 35.7 Å². The number of nitrogens with zero attached hydrogens (tertiary/aromatic N) is 5. The quantitative estimate of drug-likeness (QED) is 0.492. The normalized spacial score (nSPS) is 18.6. The number of halogens is 1. The number of piperidine rings is 1. The molecule has 2 unspecified atom stereocenters. The van der Waals surface area contributed by atoms with Gasteiger partial charge in [-0.1, -0.05) is 19.1 Å². The largest absolute Gasteiger partial charge is 0.424 e. The Balaban J connectivity index is 1.44. The van der Waals surface area contributed by atoms with Crippen molar-refractivity contribution in [2.45, 2.75) is 32.7 Å². The Morgan fingerprint density at radius 3 is 2.82 bits per heavy atom. The lowest BCUT2D eigenvalue weighted by Gasteiger charge is -2.40. The van der Waals surface area contributed by atoms with Crippen LogP contribution in [-0.4, -0.2) is 49.9 Å². The van der Waals surface area contributed by atoms with Gasteiger partial charge in [-0.25, -0.2) is 4.39 Å². The maximum Gasteiger partial charge on any atom is 0.295 e. The summed E-state index contributed by atoms with van der Waals surface area (Å²) in [6, 6.07) is 10.6. The fourth-order valence-corrected chi connectivity index (χ4v) is 4.60. The number of amides is 1. The van der Waals surface area contributed by atoms with Crippen molar-refractivity contribution in [1.82, 2.24) is 24.9 Å². The molecule has 1 aliphatic rings. The number of likely N-dealkylation sites (tertiary alicyclic amines) is 1. The summed E-state index contributed by atoms with van der Waals surface area (Å²) in [5, 5.41) is 11.5. The molecule has 0 spiro atoms. The average molecular weight is 449 g/mol. The highest BCUT2D eigenvalue weighted by molar-refractivity contribution is 5.99. The Bertz CT molecular complexity index is 1250. The molecule has 33 heavy (non-hydrogen) atoms. The number of hydrogen-bond acceptors (Lipinski definition) is 6. The van der Waals surface area contributed by atoms with Gasteiger partial charge in [-0.3, -0.25) is 4.79 Å². The summed E-state index contributed by atoms with van der Waals surface area (Å²) in [6.45, 7) is 4.99. The monoisotopic (exact) mass is 448 g/mol. The van der Waals surface area contributed by atoms with Gasteiger partial charge in [0.15, 0.2) is 5.58 Å². The second kappa shape index (κ2) is 8.65. The fraction of sp³-hybridized carbons (Fsp3) is 0.333. The molecule has 5 rings (SSSR count). The minimum Gasteiger partial charge on any atom is -0.424 e. The van der Waals surface area contributed by atoms with E-state index in [1.54, 1.807) is 6.92 Å². The Morgan fingerprint density at radius 2 is 2.03 bits per heavy atom. The first-order valence-electron chi connectivity index (χ1n) is 11.1. The molecule has 170 valence electrons. The summed E-state index contributed by atoms with van der Waals surface area (Å²) in [5.41, 5.74) is 2.79. The van der Waals surface area contributed by atoms with Crippen molar-refractivity contribution in [3.05, 3.63) is 65.7 Å². The highest BCUT2D eigenvalue weighted by Gasteiger charge is 2.34. The Hall–Kier alpha value is -3.75. The second-order valence-electron chi connectivity index (χ2n) is 8.49. The van der Waals surface area contributed by atoms with E-state index in [4.69, 9.17) is 4.42 Å². The third-order valence-electron chi connectivity index (χ3n) is 6.26. The number of hydrogen-bond donors (Lipinski definition) is 1. The van der Waals surface area contributed by atoms with Crippen LogP contribution >= 0.6 is 0 Å². The van der Waals surface area contributed by atoms with Crippen LogP contribution in [0.15, 0.2) is 53.2 Å². The van der Waals surface area contributed by atoms with Crippen LogP contribution in [-0.2, 0) is 0 Å². The van der Waals surface area contributed by atoms with Crippen LogP contribution in [0, 0.1) is 18.7 Å². The minimum absolute atomic E-state index is 0.0795. The third-order valence-corrected chi connectivity index (χ3v) is 6.26. The molecule has 0 aliphatic carbocycles. The van der Waals surface area contributed by atoms with Gasteiger partial charge in [0, 0.05) is 19.2 Å². The summed E-state index contributed by atoms with van der Waals surface area (Å²) >= 11 is 0. The molecule has 2 aromatic carbocycles. The molecular formula is C24H25FN6O2. The molecule has 1 fully saturated rings. The SMILES string of the molecule is Cc1cc(F)cc(-n2nccn2)c1C(=O)N1CCCC(C)C1CNc1nc2ccccc2o1. The lowest BCUT2D eigenvalue weighted by Crippen LogP contribution is -2.51. The average Bonchev–Trinajstić information content (AvgIpc) is 3.47. The molecule has 9 heteroatoms. The van der Waals surface area contributed by atoms with E-state index < -0.39 is 5.82 Å². The summed E-state index contributed by atoms with van der Waals surface area (Å²) in [4.78, 5) is 21.5. The summed E-state index contributed by atoms with van der Waals surface area (Å²) in [7, 11) is 0. The van der Waals surface area contributed by atoms with Gasteiger partial charge in [0.25, 0.3) is 11.9 Å². The lowest BCUT2D eigenvalue weighted by molar-refractivity contribution is 0.0538. The van der Waals surface area contributed by atoms with Crippen molar-refractivity contribution >= 4 is 23.0 Å². The summed E-state index contributed by atoms with van der Waals surface area (Å²) < 4.78 is 20.0. The van der Waals surface area contributed by atoms with Crippen molar-refractivity contribution < 1.29 is 13.6 Å². The van der Waals surface area contributed by atoms with Crippen molar-refractivity contribution in [2.75, 3.05) is 18.4 Å². The number of aromatic nitrogens is 4. The van der Waals surface area contributed by atoms with Gasteiger partial charge in [0.1, 0.15) is 17.0 Å². The molecule has 1 N–H and O–H groups in total. The number of para-hydroxylation sites is 2. The molecule has 1 saturated heterocycles. The van der Waals surface area contributed by atoms with Crippen LogP contribution in [0.4, 0.5) is 10.4 Å². The van der Waals surface area contributed by atoms with E-state index in [9.17, 15) is 9.18 Å². The van der Waals surface area contributed by atoms with Crippen LogP contribution < -0.4 is 5.32 Å². The smallest absolute Gasteiger partial charge is 0.295 e. The number of anilines is 1. The van der Waals surface area contributed by atoms with Gasteiger partial charge in [-0.05, 0) is 49.4 Å². The molecule has 0 saturated carbocycles. The standard InChI is InChI=1S/C24H25FN6O2/c1-15-6-5-11-30(20(15)14-26-24-29-18-7-3-4-8-21(18)33-24)23(32)22-16(2)12-17(25)13-19(22)31-27-9-10-28-31/h3-4,7-10,12-13,15,20H,5-6,11,14H2,1-2H3,(H,26,29). The number of fused-ring (bicyclic) bond motifs is 1. The molecular weight excluding hydrogens is 423 g/mol. The van der Waals surface area contributed by atoms with E-state index >= 15 is 0 Å². The first-order valence-corrected chi connectivity index (χ1v) is 11.1. The van der Waals surface area contributed by atoms with E-state index in [2.05, 4.69) is 27.4 Å². The first-order chi connectivity index (χ1) is 16.0.